The van der Waals surface area contributed by atoms with Gasteiger partial charge in [-0.1, -0.05) is 11.6 Å². The minimum atomic E-state index is -0.113. The molecular formula is C14H15ClN4OS. The van der Waals surface area contributed by atoms with Crippen molar-refractivity contribution in [3.05, 3.63) is 23.2 Å². The van der Waals surface area contributed by atoms with Crippen molar-refractivity contribution in [3.63, 3.8) is 0 Å². The van der Waals surface area contributed by atoms with Gasteiger partial charge in [0.1, 0.15) is 0 Å². The number of carbonyl (C=O) groups is 1. The molecule has 110 valence electrons. The number of hydrogen-bond donors (Lipinski definition) is 1. The lowest BCUT2D eigenvalue weighted by Crippen LogP contribution is -2.34. The maximum absolute atomic E-state index is 12.1. The molecule has 0 bridgehead atoms. The van der Waals surface area contributed by atoms with Gasteiger partial charge in [0.05, 0.1) is 35.8 Å². The van der Waals surface area contributed by atoms with Crippen LogP contribution < -0.4 is 5.73 Å². The third-order valence-electron chi connectivity index (χ3n) is 2.65. The minimum Gasteiger partial charge on any atom is -0.399 e. The highest BCUT2D eigenvalue weighted by Crippen LogP contribution is 2.28. The summed E-state index contributed by atoms with van der Waals surface area (Å²) in [7, 11) is 0. The van der Waals surface area contributed by atoms with Crippen molar-refractivity contribution in [1.82, 2.24) is 4.90 Å². The maximum atomic E-state index is 12.1. The summed E-state index contributed by atoms with van der Waals surface area (Å²) in [5.41, 5.74) is 6.18. The molecule has 0 spiro atoms. The van der Waals surface area contributed by atoms with Crippen LogP contribution in [0.2, 0.25) is 5.02 Å². The highest BCUT2D eigenvalue weighted by Gasteiger charge is 2.14. The van der Waals surface area contributed by atoms with Crippen LogP contribution in [0.25, 0.3) is 0 Å². The minimum absolute atomic E-state index is 0.113. The predicted octanol–water partition coefficient (Wildman–Crippen LogP) is 2.67. The van der Waals surface area contributed by atoms with E-state index in [1.807, 2.05) is 12.1 Å². The third kappa shape index (κ3) is 5.95. The fourth-order valence-electron chi connectivity index (χ4n) is 1.60. The van der Waals surface area contributed by atoms with Crippen molar-refractivity contribution in [1.29, 1.82) is 10.5 Å². The first-order valence-electron chi connectivity index (χ1n) is 6.28. The molecule has 0 aromatic heterocycles. The van der Waals surface area contributed by atoms with E-state index in [-0.39, 0.29) is 24.5 Å². The van der Waals surface area contributed by atoms with E-state index >= 15 is 0 Å². The number of anilines is 1. The zero-order valence-corrected chi connectivity index (χ0v) is 13.0. The van der Waals surface area contributed by atoms with E-state index in [0.717, 1.165) is 4.90 Å². The van der Waals surface area contributed by atoms with E-state index in [4.69, 9.17) is 27.9 Å². The quantitative estimate of drug-likeness (QED) is 0.615. The van der Waals surface area contributed by atoms with Crippen LogP contribution in [-0.2, 0) is 4.79 Å². The molecule has 1 amide bonds. The van der Waals surface area contributed by atoms with Crippen LogP contribution in [0, 0.1) is 22.7 Å². The molecule has 0 aliphatic rings. The lowest BCUT2D eigenvalue weighted by Gasteiger charge is -2.20. The van der Waals surface area contributed by atoms with Crippen LogP contribution in [0.1, 0.15) is 12.8 Å². The SMILES string of the molecule is N#CCCN(CCC#N)C(=O)CSc1ccc(N)cc1Cl. The number of carbonyl (C=O) groups excluding carboxylic acids is 1. The lowest BCUT2D eigenvalue weighted by atomic mass is 10.3. The van der Waals surface area contributed by atoms with Crippen molar-refractivity contribution >= 4 is 35.0 Å². The topological polar surface area (TPSA) is 93.9 Å². The summed E-state index contributed by atoms with van der Waals surface area (Å²) in [6.45, 7) is 0.681. The van der Waals surface area contributed by atoms with Crippen LogP contribution in [0.4, 0.5) is 5.69 Å². The highest BCUT2D eigenvalue weighted by atomic mass is 35.5. The van der Waals surface area contributed by atoms with Gasteiger partial charge in [0.15, 0.2) is 0 Å². The van der Waals surface area contributed by atoms with Crippen LogP contribution in [0.5, 0.6) is 0 Å². The Labute approximate surface area is 133 Å². The van der Waals surface area contributed by atoms with Gasteiger partial charge < -0.3 is 10.6 Å². The Balaban J connectivity index is 2.60. The number of benzene rings is 1. The number of nitriles is 2. The molecule has 0 saturated heterocycles. The molecular weight excluding hydrogens is 308 g/mol. The Hall–Kier alpha value is -1.89. The predicted molar refractivity (Wildman–Crippen MR) is 83.6 cm³/mol. The van der Waals surface area contributed by atoms with Crippen molar-refractivity contribution in [2.75, 3.05) is 24.6 Å². The molecule has 0 atom stereocenters. The molecule has 1 aromatic carbocycles. The summed E-state index contributed by atoms with van der Waals surface area (Å²) in [6, 6.07) is 9.13. The molecule has 0 aliphatic heterocycles. The smallest absolute Gasteiger partial charge is 0.232 e. The van der Waals surface area contributed by atoms with Crippen molar-refractivity contribution < 1.29 is 4.79 Å². The molecule has 0 heterocycles. The largest absolute Gasteiger partial charge is 0.399 e. The Morgan fingerprint density at radius 2 is 1.90 bits per heavy atom. The Kier molecular flexibility index (Phi) is 7.45. The number of nitrogen functional groups attached to an aromatic ring is 1. The molecule has 1 aromatic rings. The summed E-state index contributed by atoms with van der Waals surface area (Å²) < 4.78 is 0. The van der Waals surface area contributed by atoms with Gasteiger partial charge in [0.25, 0.3) is 0 Å². The summed E-state index contributed by atoms with van der Waals surface area (Å²) in [5.74, 6) is 0.0962. The second kappa shape index (κ2) is 9.12. The molecule has 0 fully saturated rings. The number of halogens is 1. The zero-order chi connectivity index (χ0) is 15.7. The number of nitrogens with two attached hydrogens (primary N) is 1. The van der Waals surface area contributed by atoms with Gasteiger partial charge in [-0.3, -0.25) is 4.79 Å². The van der Waals surface area contributed by atoms with E-state index in [0.29, 0.717) is 23.8 Å². The average molecular weight is 323 g/mol. The fraction of sp³-hybridized carbons (Fsp3) is 0.357. The maximum Gasteiger partial charge on any atom is 0.232 e. The van der Waals surface area contributed by atoms with Gasteiger partial charge in [0, 0.05) is 23.7 Å². The Bertz CT molecular complexity index is 561. The zero-order valence-electron chi connectivity index (χ0n) is 11.4. The van der Waals surface area contributed by atoms with E-state index < -0.39 is 0 Å². The number of rotatable bonds is 7. The summed E-state index contributed by atoms with van der Waals surface area (Å²) in [6.07, 6.45) is 0.509. The molecule has 1 rings (SSSR count). The first kappa shape index (κ1) is 17.2. The van der Waals surface area contributed by atoms with Crippen molar-refractivity contribution in [3.8, 4) is 12.1 Å². The van der Waals surface area contributed by atoms with Gasteiger partial charge in [-0.05, 0) is 18.2 Å². The average Bonchev–Trinajstić information content (AvgIpc) is 2.46. The first-order chi connectivity index (χ1) is 10.1. The second-order valence-electron chi connectivity index (χ2n) is 4.18. The molecule has 0 radical (unpaired) electrons. The number of nitrogens with zero attached hydrogens (tertiary/aromatic N) is 3. The van der Waals surface area contributed by atoms with E-state index in [1.165, 1.54) is 16.7 Å². The van der Waals surface area contributed by atoms with Crippen LogP contribution in [0.3, 0.4) is 0 Å². The van der Waals surface area contributed by atoms with Gasteiger partial charge in [-0.15, -0.1) is 11.8 Å². The molecule has 0 aliphatic carbocycles. The Morgan fingerprint density at radius 3 is 2.43 bits per heavy atom. The Morgan fingerprint density at radius 1 is 1.29 bits per heavy atom. The van der Waals surface area contributed by atoms with Gasteiger partial charge in [-0.2, -0.15) is 10.5 Å². The van der Waals surface area contributed by atoms with Gasteiger partial charge >= 0.3 is 0 Å². The van der Waals surface area contributed by atoms with Crippen molar-refractivity contribution in [2.45, 2.75) is 17.7 Å². The molecule has 2 N–H and O–H groups in total. The lowest BCUT2D eigenvalue weighted by molar-refractivity contribution is -0.128. The van der Waals surface area contributed by atoms with Gasteiger partial charge in [-0.25, -0.2) is 0 Å². The molecule has 7 heteroatoms. The van der Waals surface area contributed by atoms with Crippen LogP contribution in [-0.4, -0.2) is 29.6 Å². The van der Waals surface area contributed by atoms with Crippen LogP contribution >= 0.6 is 23.4 Å². The van der Waals surface area contributed by atoms with E-state index in [2.05, 4.69) is 0 Å². The number of amides is 1. The standard InChI is InChI=1S/C14H15ClN4OS/c15-12-9-11(18)3-4-13(12)21-10-14(20)19(7-1-5-16)8-2-6-17/h3-4,9H,1-2,7-8,10,18H2. The molecule has 0 unspecified atom stereocenters. The third-order valence-corrected chi connectivity index (χ3v) is 4.13. The first-order valence-corrected chi connectivity index (χ1v) is 7.64. The normalized spacial score (nSPS) is 9.67. The van der Waals surface area contributed by atoms with Gasteiger partial charge in [0.2, 0.25) is 5.91 Å². The monoisotopic (exact) mass is 322 g/mol. The fourth-order valence-corrected chi connectivity index (χ4v) is 2.77. The van der Waals surface area contributed by atoms with E-state index in [1.54, 1.807) is 18.2 Å². The van der Waals surface area contributed by atoms with Crippen molar-refractivity contribution in [2.24, 2.45) is 0 Å². The summed E-state index contributed by atoms with van der Waals surface area (Å²) in [4.78, 5) is 14.4. The number of hydrogen-bond acceptors (Lipinski definition) is 5. The second-order valence-corrected chi connectivity index (χ2v) is 5.60. The van der Waals surface area contributed by atoms with E-state index in [9.17, 15) is 4.79 Å². The number of thioether (sulfide) groups is 1. The summed E-state index contributed by atoms with van der Waals surface area (Å²) in [5, 5.41) is 17.7. The molecule has 0 saturated carbocycles. The summed E-state index contributed by atoms with van der Waals surface area (Å²) >= 11 is 7.36. The highest BCUT2D eigenvalue weighted by molar-refractivity contribution is 8.00. The molecule has 21 heavy (non-hydrogen) atoms. The van der Waals surface area contributed by atoms with Crippen LogP contribution in [0.15, 0.2) is 23.1 Å². The molecule has 5 nitrogen and oxygen atoms in total.